The Kier molecular flexibility index (Phi) is 37.2. The third-order valence-electron chi connectivity index (χ3n) is 8.78. The average molecular weight is 773 g/mol. The van der Waals surface area contributed by atoms with E-state index in [0.29, 0.717) is 12.8 Å². The molecule has 0 spiro atoms. The maximum Gasteiger partial charge on any atom is 0.472 e. The molecule has 0 aliphatic rings. The van der Waals surface area contributed by atoms with Gasteiger partial charge in [0.15, 0.2) is 6.10 Å². The summed E-state index contributed by atoms with van der Waals surface area (Å²) in [5, 5.41) is 18.3. The van der Waals surface area contributed by atoms with E-state index < -0.39 is 51.8 Å². The number of hydrogen-bond acceptors (Lipinski definition) is 9. The number of phosphoric ester groups is 1. The van der Waals surface area contributed by atoms with Crippen LogP contribution in [0.3, 0.4) is 0 Å². The SMILES string of the molecule is CCCCCCCC/C=C/C/C=C/CCCCC(=O)O[C@H](COC(=O)CC/C=C/CCCCCCCCCCCCC)COP(=O)(O)OC[C@@H](O)CO. The van der Waals surface area contributed by atoms with Crippen molar-refractivity contribution in [2.24, 2.45) is 0 Å². The predicted octanol–water partition coefficient (Wildman–Crippen LogP) is 10.8. The molecule has 3 atom stereocenters. The van der Waals surface area contributed by atoms with Crippen molar-refractivity contribution < 1.29 is 47.8 Å². The molecule has 0 aromatic rings. The molecule has 1 unspecified atom stereocenters. The van der Waals surface area contributed by atoms with Gasteiger partial charge in [0.05, 0.1) is 19.8 Å². The van der Waals surface area contributed by atoms with Crippen molar-refractivity contribution in [3.8, 4) is 0 Å². The van der Waals surface area contributed by atoms with Crippen molar-refractivity contribution in [2.45, 2.75) is 193 Å². The number of allylic oxidation sites excluding steroid dienone is 6. The van der Waals surface area contributed by atoms with Crippen molar-refractivity contribution in [2.75, 3.05) is 26.4 Å². The van der Waals surface area contributed by atoms with Crippen LogP contribution in [0.5, 0.6) is 0 Å². The van der Waals surface area contributed by atoms with Crippen LogP contribution in [0.1, 0.15) is 181 Å². The number of rotatable bonds is 39. The number of phosphoric acid groups is 1. The van der Waals surface area contributed by atoms with Gasteiger partial charge in [-0.25, -0.2) is 4.57 Å². The fraction of sp³-hybridized carbons (Fsp3) is 0.810. The second-order valence-corrected chi connectivity index (χ2v) is 15.5. The van der Waals surface area contributed by atoms with Crippen LogP contribution in [0.2, 0.25) is 0 Å². The predicted molar refractivity (Wildman–Crippen MR) is 214 cm³/mol. The van der Waals surface area contributed by atoms with E-state index in [-0.39, 0.29) is 19.4 Å². The normalized spacial score (nSPS) is 14.3. The van der Waals surface area contributed by atoms with Gasteiger partial charge in [-0.2, -0.15) is 0 Å². The Bertz CT molecular complexity index is 983. The van der Waals surface area contributed by atoms with Gasteiger partial charge < -0.3 is 24.6 Å². The Morgan fingerprint density at radius 3 is 1.55 bits per heavy atom. The quantitative estimate of drug-likeness (QED) is 0.0238. The monoisotopic (exact) mass is 773 g/mol. The van der Waals surface area contributed by atoms with Gasteiger partial charge in [0.25, 0.3) is 0 Å². The van der Waals surface area contributed by atoms with Gasteiger partial charge in [-0.1, -0.05) is 147 Å². The molecule has 0 radical (unpaired) electrons. The second-order valence-electron chi connectivity index (χ2n) is 14.0. The molecule has 3 N–H and O–H groups in total. The first kappa shape index (κ1) is 51.2. The average Bonchev–Trinajstić information content (AvgIpc) is 3.14. The van der Waals surface area contributed by atoms with Crippen LogP contribution in [0, 0.1) is 0 Å². The first-order valence-corrected chi connectivity index (χ1v) is 22.4. The maximum absolute atomic E-state index is 12.6. The number of unbranched alkanes of at least 4 members (excludes halogenated alkanes) is 19. The highest BCUT2D eigenvalue weighted by molar-refractivity contribution is 7.47. The molecule has 11 heteroatoms. The molecule has 0 heterocycles. The molecule has 310 valence electrons. The summed E-state index contributed by atoms with van der Waals surface area (Å²) in [5.74, 6) is -1.02. The number of hydrogen-bond donors (Lipinski definition) is 3. The highest BCUT2D eigenvalue weighted by Gasteiger charge is 2.27. The number of aliphatic hydroxyl groups is 2. The van der Waals surface area contributed by atoms with E-state index in [4.69, 9.17) is 19.1 Å². The zero-order valence-corrected chi connectivity index (χ0v) is 34.4. The topological polar surface area (TPSA) is 149 Å². The van der Waals surface area contributed by atoms with Crippen LogP contribution in [-0.2, 0) is 32.7 Å². The highest BCUT2D eigenvalue weighted by Crippen LogP contribution is 2.43. The molecular formula is C42H77O10P. The van der Waals surface area contributed by atoms with E-state index in [1.807, 2.05) is 6.08 Å². The Morgan fingerprint density at radius 1 is 0.566 bits per heavy atom. The number of aliphatic hydroxyl groups excluding tert-OH is 2. The fourth-order valence-corrected chi connectivity index (χ4v) is 6.30. The molecule has 53 heavy (non-hydrogen) atoms. The first-order valence-electron chi connectivity index (χ1n) is 20.9. The van der Waals surface area contributed by atoms with E-state index in [1.54, 1.807) is 0 Å². The van der Waals surface area contributed by atoms with Gasteiger partial charge in [0.2, 0.25) is 0 Å². The minimum atomic E-state index is -4.63. The third-order valence-corrected chi connectivity index (χ3v) is 9.73. The van der Waals surface area contributed by atoms with Crippen LogP contribution < -0.4 is 0 Å². The summed E-state index contributed by atoms with van der Waals surface area (Å²) >= 11 is 0. The molecule has 0 rings (SSSR count). The number of carbonyl (C=O) groups is 2. The second kappa shape index (κ2) is 38.5. The smallest absolute Gasteiger partial charge is 0.462 e. The van der Waals surface area contributed by atoms with Gasteiger partial charge in [-0.15, -0.1) is 0 Å². The van der Waals surface area contributed by atoms with Gasteiger partial charge in [0, 0.05) is 12.8 Å². The van der Waals surface area contributed by atoms with Crippen LogP contribution in [0.25, 0.3) is 0 Å². The lowest BCUT2D eigenvalue weighted by molar-refractivity contribution is -0.161. The maximum atomic E-state index is 12.6. The third kappa shape index (κ3) is 38.3. The van der Waals surface area contributed by atoms with Crippen LogP contribution in [0.15, 0.2) is 36.5 Å². The lowest BCUT2D eigenvalue weighted by atomic mass is 10.1. The zero-order chi connectivity index (χ0) is 39.1. The van der Waals surface area contributed by atoms with E-state index in [9.17, 15) is 24.2 Å². The summed E-state index contributed by atoms with van der Waals surface area (Å²) in [6, 6.07) is 0. The van der Waals surface area contributed by atoms with E-state index >= 15 is 0 Å². The van der Waals surface area contributed by atoms with Gasteiger partial charge in [0.1, 0.15) is 12.7 Å². The first-order chi connectivity index (χ1) is 25.7. The number of carbonyl (C=O) groups excluding carboxylic acids is 2. The van der Waals surface area contributed by atoms with Crippen molar-refractivity contribution in [3.05, 3.63) is 36.5 Å². The Balaban J connectivity index is 4.41. The van der Waals surface area contributed by atoms with Crippen molar-refractivity contribution in [1.82, 2.24) is 0 Å². The Labute approximate surface area is 322 Å². The van der Waals surface area contributed by atoms with Crippen molar-refractivity contribution in [1.29, 1.82) is 0 Å². The molecule has 0 saturated heterocycles. The Morgan fingerprint density at radius 2 is 1.02 bits per heavy atom. The van der Waals surface area contributed by atoms with Crippen LogP contribution in [-0.4, -0.2) is 65.7 Å². The summed E-state index contributed by atoms with van der Waals surface area (Å²) < 4.78 is 32.6. The van der Waals surface area contributed by atoms with E-state index in [2.05, 4.69) is 48.8 Å². The molecule has 0 saturated carbocycles. The molecule has 0 amide bonds. The summed E-state index contributed by atoms with van der Waals surface area (Å²) in [5.41, 5.74) is 0. The minimum Gasteiger partial charge on any atom is -0.462 e. The minimum absolute atomic E-state index is 0.135. The van der Waals surface area contributed by atoms with Crippen molar-refractivity contribution >= 4 is 19.8 Å². The molecule has 10 nitrogen and oxygen atoms in total. The largest absolute Gasteiger partial charge is 0.472 e. The summed E-state index contributed by atoms with van der Waals surface area (Å²) in [6.45, 7) is 2.29. The van der Waals surface area contributed by atoms with Crippen LogP contribution in [0.4, 0.5) is 0 Å². The lowest BCUT2D eigenvalue weighted by Gasteiger charge is -2.20. The van der Waals surface area contributed by atoms with E-state index in [1.165, 1.54) is 103 Å². The molecule has 0 aromatic carbocycles. The Hall–Kier alpha value is -1.81. The van der Waals surface area contributed by atoms with Crippen molar-refractivity contribution in [3.63, 3.8) is 0 Å². The van der Waals surface area contributed by atoms with Gasteiger partial charge in [-0.3, -0.25) is 18.6 Å². The zero-order valence-electron chi connectivity index (χ0n) is 33.5. The van der Waals surface area contributed by atoms with E-state index in [0.717, 1.165) is 38.5 Å². The summed E-state index contributed by atoms with van der Waals surface area (Å²) in [4.78, 5) is 34.9. The number of esters is 2. The lowest BCUT2D eigenvalue weighted by Crippen LogP contribution is -2.29. The molecule has 0 aromatic heterocycles. The summed E-state index contributed by atoms with van der Waals surface area (Å²) in [6.07, 6.45) is 38.4. The molecule has 0 aliphatic carbocycles. The fourth-order valence-electron chi connectivity index (χ4n) is 5.51. The standard InChI is InChI=1S/C42H77O10P/c1-3-5-7-9-11-13-15-17-19-21-23-25-27-29-31-33-41(45)49-37-40(38-51-53(47,48)50-36-39(44)35-43)52-42(46)34-32-30-28-26-24-22-20-18-16-14-12-10-8-6-4-2/h18,20,24,26-27,29,39-40,43-44H,3-17,19,21-23,25,28,30-38H2,1-2H3,(H,47,48)/b20-18+,26-24+,29-27+/t39-,40+/m0/s1. The highest BCUT2D eigenvalue weighted by atomic mass is 31.2. The molecule has 0 fully saturated rings. The molecule has 0 aliphatic heterocycles. The molecular weight excluding hydrogens is 695 g/mol. The number of ether oxygens (including phenoxy) is 2. The van der Waals surface area contributed by atoms with Gasteiger partial charge in [-0.05, 0) is 57.8 Å². The molecule has 0 bridgehead atoms. The summed E-state index contributed by atoms with van der Waals surface area (Å²) in [7, 11) is -4.63. The van der Waals surface area contributed by atoms with Gasteiger partial charge >= 0.3 is 19.8 Å². The van der Waals surface area contributed by atoms with Crippen LogP contribution >= 0.6 is 7.82 Å².